The third-order valence-corrected chi connectivity index (χ3v) is 2.84. The third kappa shape index (κ3) is 3.44. The zero-order valence-corrected chi connectivity index (χ0v) is 10.6. The SMILES string of the molecule is COC(=O)Cc1cc(CN)c(C(F)F)nc1Br. The summed E-state index contributed by atoms with van der Waals surface area (Å²) in [5, 5.41) is 0. The number of nitrogens with zero attached hydrogens (tertiary/aromatic N) is 1. The lowest BCUT2D eigenvalue weighted by Gasteiger charge is -2.10. The van der Waals surface area contributed by atoms with Crippen molar-refractivity contribution in [3.8, 4) is 0 Å². The predicted molar refractivity (Wildman–Crippen MR) is 60.5 cm³/mol. The molecule has 7 heteroatoms. The molecule has 0 aliphatic carbocycles. The summed E-state index contributed by atoms with van der Waals surface area (Å²) in [6.07, 6.45) is -2.74. The van der Waals surface area contributed by atoms with Gasteiger partial charge in [-0.25, -0.2) is 13.8 Å². The Morgan fingerprint density at radius 3 is 2.71 bits per heavy atom. The highest BCUT2D eigenvalue weighted by molar-refractivity contribution is 9.10. The van der Waals surface area contributed by atoms with E-state index < -0.39 is 12.4 Å². The second kappa shape index (κ2) is 6.02. The molecule has 0 aliphatic heterocycles. The van der Waals surface area contributed by atoms with Gasteiger partial charge in [-0.05, 0) is 33.1 Å². The van der Waals surface area contributed by atoms with Crippen LogP contribution in [0, 0.1) is 0 Å². The Hall–Kier alpha value is -1.08. The zero-order chi connectivity index (χ0) is 13.0. The number of hydrogen-bond acceptors (Lipinski definition) is 4. The molecule has 0 radical (unpaired) electrons. The number of carbonyl (C=O) groups excluding carboxylic acids is 1. The van der Waals surface area contributed by atoms with Crippen molar-refractivity contribution in [3.63, 3.8) is 0 Å². The van der Waals surface area contributed by atoms with Crippen LogP contribution in [0.25, 0.3) is 0 Å². The molecule has 0 atom stereocenters. The van der Waals surface area contributed by atoms with Gasteiger partial charge in [-0.2, -0.15) is 0 Å². The lowest BCUT2D eigenvalue weighted by atomic mass is 10.1. The van der Waals surface area contributed by atoms with E-state index in [0.717, 1.165) is 0 Å². The van der Waals surface area contributed by atoms with Crippen LogP contribution < -0.4 is 5.73 Å². The van der Waals surface area contributed by atoms with Gasteiger partial charge in [-0.1, -0.05) is 0 Å². The van der Waals surface area contributed by atoms with Gasteiger partial charge in [0.05, 0.1) is 13.5 Å². The first-order valence-electron chi connectivity index (χ1n) is 4.72. The molecule has 0 aliphatic rings. The minimum absolute atomic E-state index is 0.0411. The summed E-state index contributed by atoms with van der Waals surface area (Å²) >= 11 is 3.04. The van der Waals surface area contributed by atoms with E-state index in [0.29, 0.717) is 5.56 Å². The van der Waals surface area contributed by atoms with Crippen molar-refractivity contribution in [3.05, 3.63) is 27.5 Å². The normalized spacial score (nSPS) is 10.7. The number of rotatable bonds is 4. The monoisotopic (exact) mass is 308 g/mol. The summed E-state index contributed by atoms with van der Waals surface area (Å²) in [4.78, 5) is 14.8. The maximum atomic E-state index is 12.6. The van der Waals surface area contributed by atoms with Crippen molar-refractivity contribution >= 4 is 21.9 Å². The van der Waals surface area contributed by atoms with Crippen LogP contribution in [0.1, 0.15) is 23.2 Å². The zero-order valence-electron chi connectivity index (χ0n) is 9.04. The number of aromatic nitrogens is 1. The van der Waals surface area contributed by atoms with Crippen LogP contribution in [-0.4, -0.2) is 18.1 Å². The fraction of sp³-hybridized carbons (Fsp3) is 0.400. The molecule has 4 nitrogen and oxygen atoms in total. The van der Waals surface area contributed by atoms with E-state index in [-0.39, 0.29) is 28.8 Å². The molecule has 0 bridgehead atoms. The molecule has 0 spiro atoms. The van der Waals surface area contributed by atoms with E-state index in [2.05, 4.69) is 25.7 Å². The van der Waals surface area contributed by atoms with Crippen molar-refractivity contribution in [2.75, 3.05) is 7.11 Å². The summed E-state index contributed by atoms with van der Waals surface area (Å²) in [6.45, 7) is -0.0614. The molecule has 1 aromatic heterocycles. The molecular weight excluding hydrogens is 298 g/mol. The van der Waals surface area contributed by atoms with Gasteiger partial charge in [-0.15, -0.1) is 0 Å². The fourth-order valence-corrected chi connectivity index (χ4v) is 1.74. The molecule has 0 saturated carbocycles. The Morgan fingerprint density at radius 2 is 2.24 bits per heavy atom. The van der Waals surface area contributed by atoms with Crippen LogP contribution in [0.15, 0.2) is 10.7 Å². The molecule has 94 valence electrons. The number of esters is 1. The number of hydrogen-bond donors (Lipinski definition) is 1. The van der Waals surface area contributed by atoms with Crippen LogP contribution in [0.5, 0.6) is 0 Å². The molecule has 1 aromatic rings. The molecule has 1 rings (SSSR count). The second-order valence-electron chi connectivity index (χ2n) is 3.24. The van der Waals surface area contributed by atoms with Crippen molar-refractivity contribution in [1.29, 1.82) is 0 Å². The quantitative estimate of drug-likeness (QED) is 0.682. The minimum Gasteiger partial charge on any atom is -0.469 e. The topological polar surface area (TPSA) is 65.2 Å². The van der Waals surface area contributed by atoms with Crippen molar-refractivity contribution < 1.29 is 18.3 Å². The van der Waals surface area contributed by atoms with Gasteiger partial charge >= 0.3 is 5.97 Å². The Bertz CT molecular complexity index is 427. The van der Waals surface area contributed by atoms with Gasteiger partial charge in [0.1, 0.15) is 10.3 Å². The third-order valence-electron chi connectivity index (χ3n) is 2.15. The first-order chi connectivity index (χ1) is 7.99. The number of nitrogens with two attached hydrogens (primary N) is 1. The largest absolute Gasteiger partial charge is 0.469 e. The molecule has 1 heterocycles. The summed E-state index contributed by atoms with van der Waals surface area (Å²) in [6, 6.07) is 1.44. The molecule has 17 heavy (non-hydrogen) atoms. The fourth-order valence-electron chi connectivity index (χ4n) is 1.30. The molecule has 0 fully saturated rings. The van der Waals surface area contributed by atoms with Crippen LogP contribution in [0.3, 0.4) is 0 Å². The standard InChI is InChI=1S/C10H11BrF2N2O2/c1-17-7(16)3-5-2-6(4-14)8(10(12)13)15-9(5)11/h2,10H,3-4,14H2,1H3. The summed E-state index contributed by atoms with van der Waals surface area (Å²) in [5.74, 6) is -0.472. The van der Waals surface area contributed by atoms with E-state index in [1.165, 1.54) is 13.2 Å². The van der Waals surface area contributed by atoms with Gasteiger partial charge in [0.25, 0.3) is 6.43 Å². The van der Waals surface area contributed by atoms with Gasteiger partial charge in [-0.3, -0.25) is 4.79 Å². The van der Waals surface area contributed by atoms with E-state index in [1.54, 1.807) is 0 Å². The van der Waals surface area contributed by atoms with E-state index in [1.807, 2.05) is 0 Å². The Morgan fingerprint density at radius 1 is 1.59 bits per heavy atom. The number of pyridine rings is 1. The van der Waals surface area contributed by atoms with Crippen LogP contribution in [-0.2, 0) is 22.5 Å². The highest BCUT2D eigenvalue weighted by Gasteiger charge is 2.18. The summed E-state index contributed by atoms with van der Waals surface area (Å²) in [7, 11) is 1.25. The Labute approximate surface area is 105 Å². The van der Waals surface area contributed by atoms with Gasteiger partial charge < -0.3 is 10.5 Å². The molecule has 0 aromatic carbocycles. The average Bonchev–Trinajstić information content (AvgIpc) is 2.30. The van der Waals surface area contributed by atoms with Crippen molar-refractivity contribution in [2.45, 2.75) is 19.4 Å². The number of methoxy groups -OCH3 is 1. The van der Waals surface area contributed by atoms with E-state index in [9.17, 15) is 13.6 Å². The molecule has 0 unspecified atom stereocenters. The van der Waals surface area contributed by atoms with Crippen LogP contribution in [0.4, 0.5) is 8.78 Å². The van der Waals surface area contributed by atoms with Crippen molar-refractivity contribution in [1.82, 2.24) is 4.98 Å². The maximum absolute atomic E-state index is 12.6. The van der Waals surface area contributed by atoms with Crippen LogP contribution in [0.2, 0.25) is 0 Å². The first-order valence-corrected chi connectivity index (χ1v) is 5.52. The van der Waals surface area contributed by atoms with Gasteiger partial charge in [0.2, 0.25) is 0 Å². The average molecular weight is 309 g/mol. The highest BCUT2D eigenvalue weighted by atomic mass is 79.9. The molecular formula is C10H11BrF2N2O2. The number of alkyl halides is 2. The Balaban J connectivity index is 3.13. The highest BCUT2D eigenvalue weighted by Crippen LogP contribution is 2.26. The molecule has 0 amide bonds. The number of halogens is 3. The number of ether oxygens (including phenoxy) is 1. The summed E-state index contributed by atoms with van der Waals surface area (Å²) < 4.78 is 29.9. The van der Waals surface area contributed by atoms with Crippen molar-refractivity contribution in [2.24, 2.45) is 5.73 Å². The van der Waals surface area contributed by atoms with E-state index in [4.69, 9.17) is 5.73 Å². The first kappa shape index (κ1) is 14.0. The maximum Gasteiger partial charge on any atom is 0.310 e. The predicted octanol–water partition coefficient (Wildman–Crippen LogP) is 1.96. The van der Waals surface area contributed by atoms with E-state index >= 15 is 0 Å². The van der Waals surface area contributed by atoms with Gasteiger partial charge in [0, 0.05) is 6.54 Å². The Kier molecular flexibility index (Phi) is 4.95. The summed E-state index contributed by atoms with van der Waals surface area (Å²) in [5.41, 5.74) is 5.70. The smallest absolute Gasteiger partial charge is 0.310 e. The molecule has 2 N–H and O–H groups in total. The second-order valence-corrected chi connectivity index (χ2v) is 3.99. The van der Waals surface area contributed by atoms with Gasteiger partial charge in [0.15, 0.2) is 0 Å². The number of carbonyl (C=O) groups is 1. The minimum atomic E-state index is -2.70. The molecule has 0 saturated heterocycles. The lowest BCUT2D eigenvalue weighted by Crippen LogP contribution is -2.10. The van der Waals surface area contributed by atoms with Crippen LogP contribution >= 0.6 is 15.9 Å². The lowest BCUT2D eigenvalue weighted by molar-refractivity contribution is -0.139.